The smallest absolute Gasteiger partial charge is 0.139 e. The Morgan fingerprint density at radius 1 is 1.69 bits per heavy atom. The Morgan fingerprint density at radius 2 is 2.38 bits per heavy atom. The fourth-order valence-electron chi connectivity index (χ4n) is 2.00. The van der Waals surface area contributed by atoms with Gasteiger partial charge in [0.1, 0.15) is 11.7 Å². The molecule has 1 fully saturated rings. The van der Waals surface area contributed by atoms with Gasteiger partial charge in [0.15, 0.2) is 0 Å². The average Bonchev–Trinajstić information content (AvgIpc) is 2.94. The van der Waals surface area contributed by atoms with Crippen molar-refractivity contribution in [3.63, 3.8) is 0 Å². The predicted octanol–water partition coefficient (Wildman–Crippen LogP) is 1.46. The molecule has 4 heteroatoms. The van der Waals surface area contributed by atoms with Crippen LogP contribution in [0.3, 0.4) is 0 Å². The fraction of sp³-hybridized carbons (Fsp3) is 0.500. The van der Waals surface area contributed by atoms with Gasteiger partial charge >= 0.3 is 0 Å². The first kappa shape index (κ1) is 10.9. The molecule has 3 N–H and O–H groups in total. The zero-order chi connectivity index (χ0) is 11.7. The fourth-order valence-corrected chi connectivity index (χ4v) is 2.00. The maximum atomic E-state index is 7.52. The Kier molecular flexibility index (Phi) is 2.81. The summed E-state index contributed by atoms with van der Waals surface area (Å²) in [6.45, 7) is 3.27. The highest BCUT2D eigenvalue weighted by Gasteiger charge is 2.33. The summed E-state index contributed by atoms with van der Waals surface area (Å²) in [5, 5.41) is 7.52. The second kappa shape index (κ2) is 4.12. The molecule has 1 saturated carbocycles. The lowest BCUT2D eigenvalue weighted by molar-refractivity contribution is 0.719. The molecule has 2 rings (SSSR count). The van der Waals surface area contributed by atoms with Crippen LogP contribution < -0.4 is 10.6 Å². The van der Waals surface area contributed by atoms with E-state index in [1.54, 1.807) is 6.20 Å². The maximum absolute atomic E-state index is 7.52. The summed E-state index contributed by atoms with van der Waals surface area (Å²) in [7, 11) is 2.01. The van der Waals surface area contributed by atoms with Crippen molar-refractivity contribution in [3.05, 3.63) is 23.9 Å². The van der Waals surface area contributed by atoms with E-state index in [-0.39, 0.29) is 5.84 Å². The molecule has 2 unspecified atom stereocenters. The van der Waals surface area contributed by atoms with Gasteiger partial charge < -0.3 is 10.6 Å². The lowest BCUT2D eigenvalue weighted by Gasteiger charge is -2.20. The molecule has 0 saturated heterocycles. The molecule has 0 radical (unpaired) electrons. The first-order chi connectivity index (χ1) is 7.59. The third kappa shape index (κ3) is 2.15. The highest BCUT2D eigenvalue weighted by molar-refractivity contribution is 5.99. The van der Waals surface area contributed by atoms with Gasteiger partial charge in [-0.15, -0.1) is 0 Å². The van der Waals surface area contributed by atoms with E-state index in [1.807, 2.05) is 19.2 Å². The minimum atomic E-state index is 0.0822. The lowest BCUT2D eigenvalue weighted by Crippen LogP contribution is -2.25. The van der Waals surface area contributed by atoms with E-state index in [0.29, 0.717) is 0 Å². The van der Waals surface area contributed by atoms with Gasteiger partial charge in [-0.3, -0.25) is 5.41 Å². The minimum Gasteiger partial charge on any atom is -0.384 e. The molecular formula is C12H18N4. The van der Waals surface area contributed by atoms with Gasteiger partial charge in [0.25, 0.3) is 0 Å². The van der Waals surface area contributed by atoms with Gasteiger partial charge in [0.05, 0.1) is 5.56 Å². The molecule has 1 aromatic heterocycles. The third-order valence-corrected chi connectivity index (χ3v) is 3.22. The lowest BCUT2D eigenvalue weighted by atomic mass is 10.2. The number of hydrogen-bond acceptors (Lipinski definition) is 3. The van der Waals surface area contributed by atoms with Crippen LogP contribution in [0.5, 0.6) is 0 Å². The van der Waals surface area contributed by atoms with Crippen LogP contribution in [0.4, 0.5) is 5.82 Å². The number of nitrogens with two attached hydrogens (primary N) is 1. The van der Waals surface area contributed by atoms with E-state index < -0.39 is 0 Å². The van der Waals surface area contributed by atoms with Crippen molar-refractivity contribution in [1.29, 1.82) is 5.41 Å². The van der Waals surface area contributed by atoms with Gasteiger partial charge in [-0.25, -0.2) is 4.98 Å². The van der Waals surface area contributed by atoms with Crippen LogP contribution in [-0.2, 0) is 0 Å². The molecule has 86 valence electrons. The molecule has 1 aromatic rings. The molecule has 0 aliphatic heterocycles. The Morgan fingerprint density at radius 3 is 2.94 bits per heavy atom. The molecule has 0 spiro atoms. The van der Waals surface area contributed by atoms with Gasteiger partial charge in [-0.05, 0) is 30.4 Å². The zero-order valence-electron chi connectivity index (χ0n) is 9.77. The van der Waals surface area contributed by atoms with E-state index in [2.05, 4.69) is 16.8 Å². The first-order valence-electron chi connectivity index (χ1n) is 5.60. The van der Waals surface area contributed by atoms with Crippen LogP contribution in [0.1, 0.15) is 18.9 Å². The number of aromatic nitrogens is 1. The number of nitrogen functional groups attached to an aromatic ring is 1. The summed E-state index contributed by atoms with van der Waals surface area (Å²) in [5.41, 5.74) is 6.26. The quantitative estimate of drug-likeness (QED) is 0.594. The normalized spacial score (nSPS) is 22.9. The van der Waals surface area contributed by atoms with Crippen molar-refractivity contribution < 1.29 is 0 Å². The standard InChI is InChI=1S/C12H18N4/c1-8-6-9(8)7-16(2)12-10(11(13)14)4-3-5-15-12/h3-5,8-9H,6-7H2,1-2H3,(H3,13,14). The largest absolute Gasteiger partial charge is 0.384 e. The molecule has 2 atom stereocenters. The SMILES string of the molecule is CC1CC1CN(C)c1ncccc1C(=N)N. The first-order valence-corrected chi connectivity index (χ1v) is 5.60. The number of anilines is 1. The van der Waals surface area contributed by atoms with Crippen molar-refractivity contribution in [3.8, 4) is 0 Å². The summed E-state index contributed by atoms with van der Waals surface area (Å²) in [6.07, 6.45) is 3.04. The van der Waals surface area contributed by atoms with Crippen molar-refractivity contribution in [1.82, 2.24) is 4.98 Å². The van der Waals surface area contributed by atoms with Crippen LogP contribution in [0.25, 0.3) is 0 Å². The molecule has 4 nitrogen and oxygen atoms in total. The molecular weight excluding hydrogens is 200 g/mol. The van der Waals surface area contributed by atoms with E-state index in [9.17, 15) is 0 Å². The average molecular weight is 218 g/mol. The molecule has 16 heavy (non-hydrogen) atoms. The predicted molar refractivity (Wildman–Crippen MR) is 65.8 cm³/mol. The van der Waals surface area contributed by atoms with Crippen LogP contribution >= 0.6 is 0 Å². The third-order valence-electron chi connectivity index (χ3n) is 3.22. The molecule has 1 heterocycles. The molecule has 0 bridgehead atoms. The number of hydrogen-bond donors (Lipinski definition) is 2. The van der Waals surface area contributed by atoms with Crippen LogP contribution in [0.2, 0.25) is 0 Å². The van der Waals surface area contributed by atoms with Gasteiger partial charge in [-0.1, -0.05) is 6.92 Å². The number of amidine groups is 1. The summed E-state index contributed by atoms with van der Waals surface area (Å²) in [4.78, 5) is 6.41. The molecule has 1 aliphatic rings. The van der Waals surface area contributed by atoms with Crippen LogP contribution in [-0.4, -0.2) is 24.4 Å². The number of nitrogens with one attached hydrogen (secondary N) is 1. The summed E-state index contributed by atoms with van der Waals surface area (Å²) >= 11 is 0. The molecule has 1 aliphatic carbocycles. The Bertz CT molecular complexity index is 402. The van der Waals surface area contributed by atoms with Crippen LogP contribution in [0.15, 0.2) is 18.3 Å². The van der Waals surface area contributed by atoms with Crippen molar-refractivity contribution in [2.45, 2.75) is 13.3 Å². The monoisotopic (exact) mass is 218 g/mol. The highest BCUT2D eigenvalue weighted by Crippen LogP contribution is 2.38. The van der Waals surface area contributed by atoms with Crippen molar-refractivity contribution >= 4 is 11.7 Å². The van der Waals surface area contributed by atoms with Gasteiger partial charge in [0.2, 0.25) is 0 Å². The Balaban J connectivity index is 2.15. The number of rotatable bonds is 4. The summed E-state index contributed by atoms with van der Waals surface area (Å²) < 4.78 is 0. The van der Waals surface area contributed by atoms with E-state index in [4.69, 9.17) is 11.1 Å². The van der Waals surface area contributed by atoms with Crippen molar-refractivity contribution in [2.24, 2.45) is 17.6 Å². The van der Waals surface area contributed by atoms with E-state index >= 15 is 0 Å². The topological polar surface area (TPSA) is 66.0 Å². The van der Waals surface area contributed by atoms with Gasteiger partial charge in [-0.2, -0.15) is 0 Å². The van der Waals surface area contributed by atoms with Crippen molar-refractivity contribution in [2.75, 3.05) is 18.5 Å². The second-order valence-electron chi connectivity index (χ2n) is 4.64. The Labute approximate surface area is 96.0 Å². The number of nitrogens with zero attached hydrogens (tertiary/aromatic N) is 2. The van der Waals surface area contributed by atoms with E-state index in [1.165, 1.54) is 6.42 Å². The Hall–Kier alpha value is -1.58. The highest BCUT2D eigenvalue weighted by atomic mass is 15.2. The molecule has 0 amide bonds. The maximum Gasteiger partial charge on any atom is 0.139 e. The zero-order valence-corrected chi connectivity index (χ0v) is 9.77. The minimum absolute atomic E-state index is 0.0822. The second-order valence-corrected chi connectivity index (χ2v) is 4.64. The summed E-state index contributed by atoms with van der Waals surface area (Å²) in [6, 6.07) is 3.66. The molecule has 0 aromatic carbocycles. The van der Waals surface area contributed by atoms with E-state index in [0.717, 1.165) is 29.8 Å². The number of pyridine rings is 1. The van der Waals surface area contributed by atoms with Crippen LogP contribution in [0, 0.1) is 17.2 Å². The van der Waals surface area contributed by atoms with Gasteiger partial charge in [0, 0.05) is 19.8 Å². The summed E-state index contributed by atoms with van der Waals surface area (Å²) in [5.74, 6) is 2.49.